The van der Waals surface area contributed by atoms with Crippen LogP contribution < -0.4 is 48.5 Å². The maximum Gasteiger partial charge on any atom is 1.00 e. The topological polar surface area (TPSA) is 152 Å². The van der Waals surface area contributed by atoms with Crippen molar-refractivity contribution in [2.45, 2.75) is 58.8 Å². The van der Waals surface area contributed by atoms with Gasteiger partial charge in [-0.1, -0.05) is 6.92 Å². The Morgan fingerprint density at radius 2 is 1.16 bits per heavy atom. The van der Waals surface area contributed by atoms with E-state index in [-0.39, 0.29) is 62.1 Å². The summed E-state index contributed by atoms with van der Waals surface area (Å²) in [5.41, 5.74) is 3.73. The third kappa shape index (κ3) is 8.55. The van der Waals surface area contributed by atoms with Gasteiger partial charge in [-0.2, -0.15) is 0 Å². The summed E-state index contributed by atoms with van der Waals surface area (Å²) in [6.07, 6.45) is 0.260. The molecule has 0 saturated heterocycles. The van der Waals surface area contributed by atoms with Gasteiger partial charge in [0.2, 0.25) is 11.8 Å². The second-order valence-electron chi connectivity index (χ2n) is 10.4. The maximum absolute atomic E-state index is 12.6. The van der Waals surface area contributed by atoms with Gasteiger partial charge in [0.1, 0.15) is 0 Å². The number of rotatable bonds is 14. The number of hydrogen-bond donors (Lipinski definition) is 2. The number of nitrogens with zero attached hydrogens (tertiary/aromatic N) is 2. The number of hydrogen-bond acceptors (Lipinski definition) is 8. The molecule has 2 amide bonds. The molecule has 13 heteroatoms. The molecule has 43 heavy (non-hydrogen) atoms. The zero-order valence-electron chi connectivity index (χ0n) is 26.0. The Bertz CT molecular complexity index is 1370. The summed E-state index contributed by atoms with van der Waals surface area (Å²) in [4.78, 5) is 50.1. The molecular weight excluding hydrogens is 571 g/mol. The number of ether oxygens (including phenoxy) is 4. The van der Waals surface area contributed by atoms with E-state index in [1.54, 1.807) is 24.0 Å². The van der Waals surface area contributed by atoms with Crippen molar-refractivity contribution in [1.82, 2.24) is 9.80 Å². The molecule has 0 fully saturated rings. The van der Waals surface area contributed by atoms with E-state index < -0.39 is 17.9 Å². The van der Waals surface area contributed by atoms with Crippen LogP contribution in [0.4, 0.5) is 0 Å². The van der Waals surface area contributed by atoms with Crippen molar-refractivity contribution in [3.63, 3.8) is 0 Å². The average Bonchev–Trinajstić information content (AvgIpc) is 3.58. The number of fused-ring (bicyclic) bond motifs is 2. The molecule has 0 aromatic heterocycles. The Hall–Kier alpha value is -3.48. The fourth-order valence-corrected chi connectivity index (χ4v) is 4.98. The van der Waals surface area contributed by atoms with Crippen LogP contribution in [0.3, 0.4) is 0 Å². The van der Waals surface area contributed by atoms with E-state index in [1.165, 1.54) is 6.92 Å². The van der Waals surface area contributed by atoms with Crippen molar-refractivity contribution < 1.29 is 79.3 Å². The summed E-state index contributed by atoms with van der Waals surface area (Å²) < 4.78 is 23.0. The van der Waals surface area contributed by atoms with Crippen molar-refractivity contribution in [3.8, 4) is 23.0 Å². The van der Waals surface area contributed by atoms with E-state index in [1.807, 2.05) is 24.3 Å². The van der Waals surface area contributed by atoms with Crippen LogP contribution in [0.2, 0.25) is 0 Å². The fraction of sp³-hybridized carbons (Fsp3) is 0.467. The monoisotopic (exact) mass is 608 g/mol. The largest absolute Gasteiger partial charge is 1.00 e. The van der Waals surface area contributed by atoms with Gasteiger partial charge in [-0.3, -0.25) is 19.2 Å². The summed E-state index contributed by atoms with van der Waals surface area (Å²) >= 11 is 0. The van der Waals surface area contributed by atoms with E-state index in [9.17, 15) is 19.2 Å². The number of benzene rings is 2. The average molecular weight is 609 g/mol. The molecule has 0 radical (unpaired) electrons. The summed E-state index contributed by atoms with van der Waals surface area (Å²) in [6, 6.07) is 7.40. The Balaban J connectivity index is 0.00000337. The summed E-state index contributed by atoms with van der Waals surface area (Å²) in [6.45, 7) is 3.75. The normalized spacial score (nSPS) is 13.8. The summed E-state index contributed by atoms with van der Waals surface area (Å²) in [5, 5.41) is 18.0. The van der Waals surface area contributed by atoms with Gasteiger partial charge in [-0.05, 0) is 46.5 Å². The molecule has 0 unspecified atom stereocenters. The molecule has 0 saturated carbocycles. The standard InChI is InChI=1S/C30H36N2O10.Na.H/c1-18(30(37)38)9-28(34)32-16-20-11-24(40-3)26(13-22(20)17-32)42-8-4-7-41-25-12-21-15-31(27(33)5-6-29(35)36)14-19(21)10-23(25)39-2;;/h10-13,18H,4-9,14-17H2,1-3H3,(H,35,36)(H,37,38);;/q;+1;-1/t18-;;/m0../s1. The summed E-state index contributed by atoms with van der Waals surface area (Å²) in [5.74, 6) is -0.969. The van der Waals surface area contributed by atoms with Crippen LogP contribution in [0.25, 0.3) is 0 Å². The van der Waals surface area contributed by atoms with Gasteiger partial charge in [0.25, 0.3) is 0 Å². The molecule has 1 atom stereocenters. The SMILES string of the molecule is COc1cc2c(cc1OCCCOc1cc3c(cc1OC)CN(C(=O)C[C@H](C)C(=O)O)C3)CN(C(=O)CCC(=O)O)C2.[H-].[Na+]. The minimum atomic E-state index is -1.00. The first-order valence-corrected chi connectivity index (χ1v) is 13.7. The molecule has 228 valence electrons. The molecule has 12 nitrogen and oxygen atoms in total. The van der Waals surface area contributed by atoms with Crippen LogP contribution in [0.1, 0.15) is 56.3 Å². The molecule has 2 aromatic carbocycles. The smallest absolute Gasteiger partial charge is 1.00 e. The fourth-order valence-electron chi connectivity index (χ4n) is 4.98. The van der Waals surface area contributed by atoms with Gasteiger partial charge < -0.3 is 40.4 Å². The van der Waals surface area contributed by atoms with Crippen LogP contribution in [0, 0.1) is 5.92 Å². The van der Waals surface area contributed by atoms with Crippen LogP contribution >= 0.6 is 0 Å². The Morgan fingerprint density at radius 1 is 0.744 bits per heavy atom. The zero-order valence-corrected chi connectivity index (χ0v) is 27.0. The first kappa shape index (κ1) is 34.0. The van der Waals surface area contributed by atoms with Gasteiger partial charge in [0.05, 0.1) is 39.8 Å². The minimum Gasteiger partial charge on any atom is -1.00 e. The van der Waals surface area contributed by atoms with E-state index >= 15 is 0 Å². The molecule has 0 aliphatic carbocycles. The molecular formula is C30H37N2NaO10. The number of carboxylic acid groups (broad SMARTS) is 2. The third-order valence-corrected chi connectivity index (χ3v) is 7.38. The third-order valence-electron chi connectivity index (χ3n) is 7.38. The van der Waals surface area contributed by atoms with Crippen LogP contribution in [0.15, 0.2) is 24.3 Å². The molecule has 0 bridgehead atoms. The Kier molecular flexibility index (Phi) is 12.1. The van der Waals surface area contributed by atoms with Crippen molar-refractivity contribution in [2.24, 2.45) is 5.92 Å². The molecule has 0 spiro atoms. The Morgan fingerprint density at radius 3 is 1.56 bits per heavy atom. The van der Waals surface area contributed by atoms with Crippen molar-refractivity contribution in [3.05, 3.63) is 46.5 Å². The number of methoxy groups -OCH3 is 2. The molecule has 2 N–H and O–H groups in total. The molecule has 2 heterocycles. The minimum absolute atomic E-state index is 0. The second kappa shape index (κ2) is 15.3. The maximum atomic E-state index is 12.6. The van der Waals surface area contributed by atoms with Crippen LogP contribution in [-0.4, -0.2) is 71.2 Å². The summed E-state index contributed by atoms with van der Waals surface area (Å²) in [7, 11) is 3.09. The number of aliphatic carboxylic acids is 2. The van der Waals surface area contributed by atoms with Gasteiger partial charge >= 0.3 is 41.5 Å². The van der Waals surface area contributed by atoms with E-state index in [2.05, 4.69) is 0 Å². The van der Waals surface area contributed by atoms with Crippen LogP contribution in [0.5, 0.6) is 23.0 Å². The predicted molar refractivity (Wildman–Crippen MR) is 150 cm³/mol. The number of carbonyl (C=O) groups is 4. The molecule has 2 aromatic rings. The van der Waals surface area contributed by atoms with Gasteiger partial charge in [-0.15, -0.1) is 0 Å². The van der Waals surface area contributed by atoms with E-state index in [0.29, 0.717) is 68.8 Å². The van der Waals surface area contributed by atoms with Crippen LogP contribution in [-0.2, 0) is 45.4 Å². The quantitative estimate of drug-likeness (QED) is 0.227. The first-order valence-electron chi connectivity index (χ1n) is 13.7. The van der Waals surface area contributed by atoms with E-state index in [0.717, 1.165) is 22.3 Å². The number of carbonyl (C=O) groups excluding carboxylic acids is 2. The first-order chi connectivity index (χ1) is 20.1. The van der Waals surface area contributed by atoms with Crippen molar-refractivity contribution >= 4 is 23.8 Å². The van der Waals surface area contributed by atoms with Crippen molar-refractivity contribution in [1.29, 1.82) is 0 Å². The number of carboxylic acids is 2. The number of amides is 2. The zero-order chi connectivity index (χ0) is 30.4. The Labute approximate surface area is 273 Å². The van der Waals surface area contributed by atoms with Gasteiger partial charge in [0, 0.05) is 45.4 Å². The second-order valence-corrected chi connectivity index (χ2v) is 10.4. The molecule has 4 rings (SSSR count). The van der Waals surface area contributed by atoms with E-state index in [4.69, 9.17) is 29.2 Å². The van der Waals surface area contributed by atoms with Gasteiger partial charge in [-0.25, -0.2) is 0 Å². The molecule has 2 aliphatic heterocycles. The van der Waals surface area contributed by atoms with Crippen molar-refractivity contribution in [2.75, 3.05) is 27.4 Å². The predicted octanol–water partition coefficient (Wildman–Crippen LogP) is 0.328. The molecule has 2 aliphatic rings. The van der Waals surface area contributed by atoms with Gasteiger partial charge in [0.15, 0.2) is 23.0 Å².